The topological polar surface area (TPSA) is 21.1 Å². The number of aryl methyl sites for hydroxylation is 1. The predicted molar refractivity (Wildman–Crippen MR) is 55.8 cm³/mol. The van der Waals surface area contributed by atoms with E-state index >= 15 is 0 Å². The third kappa shape index (κ3) is 2.31. The van der Waals surface area contributed by atoms with E-state index in [-0.39, 0.29) is 0 Å². The maximum absolute atomic E-state index is 4.36. The summed E-state index contributed by atoms with van der Waals surface area (Å²) in [4.78, 5) is 3.11. The van der Waals surface area contributed by atoms with Gasteiger partial charge in [-0.2, -0.15) is 5.10 Å². The van der Waals surface area contributed by atoms with E-state index in [1.165, 1.54) is 18.7 Å². The van der Waals surface area contributed by atoms with Crippen molar-refractivity contribution in [2.45, 2.75) is 17.8 Å². The van der Waals surface area contributed by atoms with Gasteiger partial charge in [0.25, 0.3) is 0 Å². The molecule has 2 rings (SSSR count). The van der Waals surface area contributed by atoms with Crippen molar-refractivity contribution < 1.29 is 0 Å². The van der Waals surface area contributed by atoms with E-state index < -0.39 is 0 Å². The highest BCUT2D eigenvalue weighted by Crippen LogP contribution is 2.17. The molecule has 0 aromatic carbocycles. The van der Waals surface area contributed by atoms with E-state index in [1.54, 1.807) is 0 Å². The molecule has 0 amide bonds. The fourth-order valence-electron chi connectivity index (χ4n) is 1.71. The number of aromatic nitrogens is 2. The van der Waals surface area contributed by atoms with Gasteiger partial charge in [-0.15, -0.1) is 0 Å². The van der Waals surface area contributed by atoms with Crippen molar-refractivity contribution in [3.05, 3.63) is 18.0 Å². The molecule has 13 heavy (non-hydrogen) atoms. The van der Waals surface area contributed by atoms with Gasteiger partial charge in [-0.3, -0.25) is 9.58 Å². The molecule has 0 aliphatic carbocycles. The Morgan fingerprint density at radius 3 is 3.08 bits per heavy atom. The van der Waals surface area contributed by atoms with Gasteiger partial charge in [0.05, 0.1) is 5.69 Å². The number of likely N-dealkylation sites (tertiary alicyclic amines) is 1. The van der Waals surface area contributed by atoms with Crippen molar-refractivity contribution in [3.8, 4) is 0 Å². The van der Waals surface area contributed by atoms with Crippen LogP contribution in [0.2, 0.25) is 0 Å². The Bertz CT molecular complexity index is 284. The van der Waals surface area contributed by atoms with Crippen molar-refractivity contribution in [1.82, 2.24) is 14.7 Å². The molecule has 1 saturated heterocycles. The van der Waals surface area contributed by atoms with E-state index in [0.29, 0.717) is 4.83 Å². The molecule has 1 fully saturated rings. The van der Waals surface area contributed by atoms with Crippen LogP contribution in [0.3, 0.4) is 0 Å². The molecule has 4 heteroatoms. The minimum absolute atomic E-state index is 0.677. The average molecular weight is 244 g/mol. The second-order valence-corrected chi connectivity index (χ2v) is 4.90. The zero-order valence-corrected chi connectivity index (χ0v) is 9.37. The van der Waals surface area contributed by atoms with Crippen molar-refractivity contribution in [1.29, 1.82) is 0 Å². The largest absolute Gasteiger partial charge is 0.296 e. The van der Waals surface area contributed by atoms with Crippen LogP contribution in [-0.4, -0.2) is 32.6 Å². The third-order valence-corrected chi connectivity index (χ3v) is 3.12. The van der Waals surface area contributed by atoms with Crippen LogP contribution in [0.5, 0.6) is 0 Å². The van der Waals surface area contributed by atoms with E-state index in [2.05, 4.69) is 32.0 Å². The minimum Gasteiger partial charge on any atom is -0.296 e. The third-order valence-electron chi connectivity index (χ3n) is 2.37. The van der Waals surface area contributed by atoms with E-state index in [9.17, 15) is 0 Å². The molecule has 2 heterocycles. The van der Waals surface area contributed by atoms with Crippen LogP contribution in [-0.2, 0) is 13.6 Å². The first-order valence-corrected chi connectivity index (χ1v) is 5.50. The summed E-state index contributed by atoms with van der Waals surface area (Å²) >= 11 is 3.63. The highest BCUT2D eigenvalue weighted by molar-refractivity contribution is 9.09. The van der Waals surface area contributed by atoms with E-state index in [0.717, 1.165) is 13.1 Å². The first-order valence-electron chi connectivity index (χ1n) is 4.59. The van der Waals surface area contributed by atoms with Crippen molar-refractivity contribution in [3.63, 3.8) is 0 Å². The Balaban J connectivity index is 1.91. The summed E-state index contributed by atoms with van der Waals surface area (Å²) in [5.74, 6) is 0. The molecular formula is C9H14BrN3. The molecule has 1 unspecified atom stereocenters. The summed E-state index contributed by atoms with van der Waals surface area (Å²) < 4.78 is 1.86. The van der Waals surface area contributed by atoms with Gasteiger partial charge in [-0.25, -0.2) is 0 Å². The average Bonchev–Trinajstić information content (AvgIpc) is 2.62. The first-order chi connectivity index (χ1) is 6.24. The second kappa shape index (κ2) is 3.80. The summed E-state index contributed by atoms with van der Waals surface area (Å²) in [6.45, 7) is 3.33. The molecular weight excluding hydrogens is 230 g/mol. The van der Waals surface area contributed by atoms with Crippen molar-refractivity contribution in [2.75, 3.05) is 13.1 Å². The monoisotopic (exact) mass is 243 g/mol. The van der Waals surface area contributed by atoms with E-state index in [1.807, 2.05) is 17.9 Å². The molecule has 0 bridgehead atoms. The number of nitrogens with zero attached hydrogens (tertiary/aromatic N) is 3. The standard InChI is InChI=1S/C9H14BrN3/c1-12-4-3-9(11-12)7-13-5-2-8(10)6-13/h3-4,8H,2,5-7H2,1H3. The Hall–Kier alpha value is -0.350. The molecule has 1 atom stereocenters. The zero-order chi connectivity index (χ0) is 9.26. The number of hydrogen-bond donors (Lipinski definition) is 0. The van der Waals surface area contributed by atoms with Gasteiger partial charge in [0.15, 0.2) is 0 Å². The SMILES string of the molecule is Cn1ccc(CN2CCC(Br)C2)n1. The fourth-order valence-corrected chi connectivity index (χ4v) is 2.32. The molecule has 1 aromatic rings. The summed E-state index contributed by atoms with van der Waals surface area (Å²) in [6.07, 6.45) is 3.25. The Labute approximate surface area is 86.8 Å². The lowest BCUT2D eigenvalue weighted by Crippen LogP contribution is -2.20. The van der Waals surface area contributed by atoms with Crippen molar-refractivity contribution >= 4 is 15.9 Å². The Kier molecular flexibility index (Phi) is 2.69. The maximum atomic E-state index is 4.36. The van der Waals surface area contributed by atoms with Crippen LogP contribution in [0.25, 0.3) is 0 Å². The van der Waals surface area contributed by atoms with Crippen LogP contribution in [0.1, 0.15) is 12.1 Å². The van der Waals surface area contributed by atoms with Crippen LogP contribution in [0, 0.1) is 0 Å². The molecule has 0 spiro atoms. The van der Waals surface area contributed by atoms with Crippen LogP contribution in [0.15, 0.2) is 12.3 Å². The number of rotatable bonds is 2. The lowest BCUT2D eigenvalue weighted by molar-refractivity contribution is 0.327. The molecule has 0 N–H and O–H groups in total. The molecule has 3 nitrogen and oxygen atoms in total. The van der Waals surface area contributed by atoms with Gasteiger partial charge < -0.3 is 0 Å². The van der Waals surface area contributed by atoms with Crippen LogP contribution >= 0.6 is 15.9 Å². The normalized spacial score (nSPS) is 24.0. The second-order valence-electron chi connectivity index (χ2n) is 3.60. The van der Waals surface area contributed by atoms with Gasteiger partial charge >= 0.3 is 0 Å². The van der Waals surface area contributed by atoms with Gasteiger partial charge in [0.2, 0.25) is 0 Å². The van der Waals surface area contributed by atoms with Crippen LogP contribution < -0.4 is 0 Å². The summed E-state index contributed by atoms with van der Waals surface area (Å²) in [5, 5.41) is 4.36. The predicted octanol–water partition coefficient (Wildman–Crippen LogP) is 1.39. The molecule has 1 aromatic heterocycles. The highest BCUT2D eigenvalue weighted by Gasteiger charge is 2.20. The maximum Gasteiger partial charge on any atom is 0.0764 e. The van der Waals surface area contributed by atoms with Crippen LogP contribution in [0.4, 0.5) is 0 Å². The van der Waals surface area contributed by atoms with Gasteiger partial charge in [0, 0.05) is 31.2 Å². The summed E-state index contributed by atoms with van der Waals surface area (Å²) in [7, 11) is 1.96. The smallest absolute Gasteiger partial charge is 0.0764 e. The highest BCUT2D eigenvalue weighted by atomic mass is 79.9. The lowest BCUT2D eigenvalue weighted by atomic mass is 10.4. The van der Waals surface area contributed by atoms with Crippen molar-refractivity contribution in [2.24, 2.45) is 7.05 Å². The first kappa shape index (κ1) is 9.21. The van der Waals surface area contributed by atoms with E-state index in [4.69, 9.17) is 0 Å². The quantitative estimate of drug-likeness (QED) is 0.733. The Morgan fingerprint density at radius 2 is 2.54 bits per heavy atom. The van der Waals surface area contributed by atoms with Gasteiger partial charge in [-0.1, -0.05) is 15.9 Å². The van der Waals surface area contributed by atoms with Gasteiger partial charge in [-0.05, 0) is 19.0 Å². The zero-order valence-electron chi connectivity index (χ0n) is 7.78. The molecule has 72 valence electrons. The molecule has 1 aliphatic rings. The summed E-state index contributed by atoms with van der Waals surface area (Å²) in [5.41, 5.74) is 1.17. The fraction of sp³-hybridized carbons (Fsp3) is 0.667. The molecule has 0 saturated carbocycles. The molecule has 0 radical (unpaired) electrons. The number of hydrogen-bond acceptors (Lipinski definition) is 2. The minimum atomic E-state index is 0.677. The number of halogens is 1. The Morgan fingerprint density at radius 1 is 1.69 bits per heavy atom. The summed E-state index contributed by atoms with van der Waals surface area (Å²) in [6, 6.07) is 2.08. The molecule has 1 aliphatic heterocycles. The van der Waals surface area contributed by atoms with Gasteiger partial charge in [0.1, 0.15) is 0 Å². The number of alkyl halides is 1. The lowest BCUT2D eigenvalue weighted by Gasteiger charge is -2.12.